The monoisotopic (exact) mass is 257 g/mol. The van der Waals surface area contributed by atoms with Crippen LogP contribution in [-0.2, 0) is 12.0 Å². The molecule has 1 N–H and O–H groups in total. The minimum Gasteiger partial charge on any atom is -0.457 e. The van der Waals surface area contributed by atoms with E-state index in [2.05, 4.69) is 31.8 Å². The molecule has 0 saturated carbocycles. The molecule has 0 unspecified atom stereocenters. The average Bonchev–Trinajstić information content (AvgIpc) is 2.39. The molecule has 0 aliphatic carbocycles. The third-order valence-corrected chi connectivity index (χ3v) is 2.96. The van der Waals surface area contributed by atoms with E-state index in [4.69, 9.17) is 4.74 Å². The smallest absolute Gasteiger partial charge is 0.136 e. The zero-order chi connectivity index (χ0) is 13.9. The van der Waals surface area contributed by atoms with E-state index in [1.807, 2.05) is 18.2 Å². The highest BCUT2D eigenvalue weighted by molar-refractivity contribution is 5.38. The van der Waals surface area contributed by atoms with Crippen molar-refractivity contribution in [3.63, 3.8) is 0 Å². The molecule has 0 spiro atoms. The average molecular weight is 257 g/mol. The van der Waals surface area contributed by atoms with Gasteiger partial charge in [0.1, 0.15) is 11.5 Å². The highest BCUT2D eigenvalue weighted by Crippen LogP contribution is 2.29. The van der Waals surface area contributed by atoms with Gasteiger partial charge in [-0.3, -0.25) is 4.98 Å². The number of nitrogens with zero attached hydrogens (tertiary/aromatic N) is 1. The summed E-state index contributed by atoms with van der Waals surface area (Å²) in [6.07, 6.45) is 3.27. The molecule has 19 heavy (non-hydrogen) atoms. The number of aliphatic hydroxyl groups excluding tert-OH is 1. The van der Waals surface area contributed by atoms with Crippen molar-refractivity contribution in [3.8, 4) is 11.5 Å². The number of benzene rings is 1. The predicted octanol–water partition coefficient (Wildman–Crippen LogP) is 3.66. The van der Waals surface area contributed by atoms with Crippen LogP contribution in [0.1, 0.15) is 31.9 Å². The summed E-state index contributed by atoms with van der Waals surface area (Å²) in [7, 11) is 0. The molecule has 100 valence electrons. The second-order valence-electron chi connectivity index (χ2n) is 5.52. The topological polar surface area (TPSA) is 42.4 Å². The molecule has 0 amide bonds. The Morgan fingerprint density at radius 1 is 1.21 bits per heavy atom. The third kappa shape index (κ3) is 3.32. The first kappa shape index (κ1) is 13.6. The van der Waals surface area contributed by atoms with Crippen LogP contribution in [-0.4, -0.2) is 10.1 Å². The van der Waals surface area contributed by atoms with Gasteiger partial charge in [-0.25, -0.2) is 0 Å². The molecule has 0 fully saturated rings. The summed E-state index contributed by atoms with van der Waals surface area (Å²) in [5.41, 5.74) is 1.98. The molecule has 0 bridgehead atoms. The predicted molar refractivity (Wildman–Crippen MR) is 75.4 cm³/mol. The van der Waals surface area contributed by atoms with Crippen molar-refractivity contribution in [3.05, 3.63) is 53.9 Å². The fraction of sp³-hybridized carbons (Fsp3) is 0.312. The van der Waals surface area contributed by atoms with Gasteiger partial charge in [-0.1, -0.05) is 32.9 Å². The number of aliphatic hydroxyl groups is 1. The van der Waals surface area contributed by atoms with E-state index in [1.165, 1.54) is 5.56 Å². The largest absolute Gasteiger partial charge is 0.457 e. The molecule has 0 atom stereocenters. The Balaban J connectivity index is 2.29. The molecule has 0 radical (unpaired) electrons. The van der Waals surface area contributed by atoms with E-state index in [0.717, 1.165) is 5.75 Å². The van der Waals surface area contributed by atoms with Crippen LogP contribution in [0.15, 0.2) is 42.7 Å². The van der Waals surface area contributed by atoms with Crippen molar-refractivity contribution in [1.82, 2.24) is 4.98 Å². The summed E-state index contributed by atoms with van der Waals surface area (Å²) in [5, 5.41) is 9.26. The highest BCUT2D eigenvalue weighted by atomic mass is 16.5. The normalized spacial score (nSPS) is 11.4. The summed E-state index contributed by atoms with van der Waals surface area (Å²) < 4.78 is 5.84. The van der Waals surface area contributed by atoms with Gasteiger partial charge in [0.25, 0.3) is 0 Å². The quantitative estimate of drug-likeness (QED) is 0.912. The number of rotatable bonds is 3. The molecule has 3 nitrogen and oxygen atoms in total. The van der Waals surface area contributed by atoms with Crippen molar-refractivity contribution in [2.45, 2.75) is 32.8 Å². The fourth-order valence-electron chi connectivity index (χ4n) is 1.79. The molecule has 1 heterocycles. The zero-order valence-corrected chi connectivity index (χ0v) is 11.6. The van der Waals surface area contributed by atoms with Gasteiger partial charge < -0.3 is 9.84 Å². The van der Waals surface area contributed by atoms with Crippen molar-refractivity contribution in [2.24, 2.45) is 0 Å². The van der Waals surface area contributed by atoms with Crippen LogP contribution in [0.4, 0.5) is 0 Å². The van der Waals surface area contributed by atoms with Crippen molar-refractivity contribution < 1.29 is 9.84 Å². The first-order chi connectivity index (χ1) is 9.00. The molecular formula is C16H19NO2. The lowest BCUT2D eigenvalue weighted by Crippen LogP contribution is -2.10. The van der Waals surface area contributed by atoms with Crippen LogP contribution in [0.5, 0.6) is 11.5 Å². The summed E-state index contributed by atoms with van der Waals surface area (Å²) in [4.78, 5) is 3.97. The Labute approximate surface area is 113 Å². The molecule has 2 aromatic rings. The van der Waals surface area contributed by atoms with Gasteiger partial charge in [0.2, 0.25) is 0 Å². The summed E-state index contributed by atoms with van der Waals surface area (Å²) in [6.45, 7) is 6.41. The maximum Gasteiger partial charge on any atom is 0.136 e. The molecule has 0 saturated heterocycles. The van der Waals surface area contributed by atoms with E-state index in [-0.39, 0.29) is 12.0 Å². The standard InChI is InChI=1S/C16H19NO2/c1-16(2,3)13-5-4-6-14(9-13)19-15-7-8-17-10-12(15)11-18/h4-10,18H,11H2,1-3H3. The van der Waals surface area contributed by atoms with Crippen LogP contribution in [0, 0.1) is 0 Å². The Morgan fingerprint density at radius 3 is 2.68 bits per heavy atom. The lowest BCUT2D eigenvalue weighted by molar-refractivity contribution is 0.276. The van der Waals surface area contributed by atoms with Gasteiger partial charge in [0.15, 0.2) is 0 Å². The van der Waals surface area contributed by atoms with Crippen LogP contribution < -0.4 is 4.74 Å². The first-order valence-corrected chi connectivity index (χ1v) is 6.33. The van der Waals surface area contributed by atoms with Gasteiger partial charge in [0.05, 0.1) is 6.61 Å². The molecular weight excluding hydrogens is 238 g/mol. The van der Waals surface area contributed by atoms with Gasteiger partial charge in [-0.2, -0.15) is 0 Å². The number of hydrogen-bond donors (Lipinski definition) is 1. The Hall–Kier alpha value is -1.87. The van der Waals surface area contributed by atoms with E-state index in [0.29, 0.717) is 11.3 Å². The summed E-state index contributed by atoms with van der Waals surface area (Å²) in [6, 6.07) is 9.77. The molecule has 2 rings (SSSR count). The van der Waals surface area contributed by atoms with E-state index >= 15 is 0 Å². The van der Waals surface area contributed by atoms with Gasteiger partial charge in [-0.15, -0.1) is 0 Å². The van der Waals surface area contributed by atoms with Crippen LogP contribution >= 0.6 is 0 Å². The maximum atomic E-state index is 9.26. The lowest BCUT2D eigenvalue weighted by atomic mass is 9.87. The van der Waals surface area contributed by atoms with E-state index in [9.17, 15) is 5.11 Å². The third-order valence-electron chi connectivity index (χ3n) is 2.96. The maximum absolute atomic E-state index is 9.26. The fourth-order valence-corrected chi connectivity index (χ4v) is 1.79. The highest BCUT2D eigenvalue weighted by Gasteiger charge is 2.14. The minimum absolute atomic E-state index is 0.0808. The molecule has 1 aromatic carbocycles. The van der Waals surface area contributed by atoms with Gasteiger partial charge in [-0.05, 0) is 29.2 Å². The van der Waals surface area contributed by atoms with Crippen LogP contribution in [0.3, 0.4) is 0 Å². The summed E-state index contributed by atoms with van der Waals surface area (Å²) in [5.74, 6) is 1.41. The number of ether oxygens (including phenoxy) is 1. The van der Waals surface area contributed by atoms with E-state index in [1.54, 1.807) is 18.5 Å². The second kappa shape index (κ2) is 5.41. The lowest BCUT2D eigenvalue weighted by Gasteiger charge is -2.20. The Morgan fingerprint density at radius 2 is 2.00 bits per heavy atom. The molecule has 0 aliphatic rings. The van der Waals surface area contributed by atoms with Crippen molar-refractivity contribution in [1.29, 1.82) is 0 Å². The minimum atomic E-state index is -0.0812. The number of aromatic nitrogens is 1. The Kier molecular flexibility index (Phi) is 3.86. The SMILES string of the molecule is CC(C)(C)c1cccc(Oc2ccncc2CO)c1. The Bertz CT molecular complexity index is 559. The summed E-state index contributed by atoms with van der Waals surface area (Å²) >= 11 is 0. The molecule has 1 aromatic heterocycles. The van der Waals surface area contributed by atoms with E-state index < -0.39 is 0 Å². The first-order valence-electron chi connectivity index (χ1n) is 6.33. The number of pyridine rings is 1. The van der Waals surface area contributed by atoms with Crippen molar-refractivity contribution in [2.75, 3.05) is 0 Å². The van der Waals surface area contributed by atoms with Crippen LogP contribution in [0.2, 0.25) is 0 Å². The van der Waals surface area contributed by atoms with Gasteiger partial charge in [0, 0.05) is 18.0 Å². The van der Waals surface area contributed by atoms with Crippen LogP contribution in [0.25, 0.3) is 0 Å². The zero-order valence-electron chi connectivity index (χ0n) is 11.6. The molecule has 3 heteroatoms. The molecule has 0 aliphatic heterocycles. The second-order valence-corrected chi connectivity index (χ2v) is 5.52. The number of hydrogen-bond acceptors (Lipinski definition) is 3. The van der Waals surface area contributed by atoms with Crippen molar-refractivity contribution >= 4 is 0 Å². The van der Waals surface area contributed by atoms with Gasteiger partial charge >= 0.3 is 0 Å².